The second-order valence-electron chi connectivity index (χ2n) is 5.74. The number of hydrogen-bond acceptors (Lipinski definition) is 4. The molecule has 7 heteroatoms. The summed E-state index contributed by atoms with van der Waals surface area (Å²) in [6.45, 7) is 1.58. The molecule has 1 N–H and O–H groups in total. The molecule has 5 nitrogen and oxygen atoms in total. The average molecular weight is 365 g/mol. The zero-order chi connectivity index (χ0) is 16.9. The highest BCUT2D eigenvalue weighted by atomic mass is 35.5. The molecule has 1 aliphatic rings. The summed E-state index contributed by atoms with van der Waals surface area (Å²) in [5.74, 6) is 0.448. The number of likely N-dealkylation sites (tertiary alicyclic amines) is 1. The van der Waals surface area contributed by atoms with Gasteiger partial charge in [-0.3, -0.25) is 4.79 Å². The van der Waals surface area contributed by atoms with Crippen LogP contribution in [0.25, 0.3) is 0 Å². The molecule has 1 saturated heterocycles. The van der Waals surface area contributed by atoms with Gasteiger partial charge in [0.1, 0.15) is 11.5 Å². The van der Waals surface area contributed by atoms with E-state index in [0.717, 1.165) is 25.9 Å². The zero-order valence-electron chi connectivity index (χ0n) is 13.1. The van der Waals surface area contributed by atoms with Gasteiger partial charge in [0.15, 0.2) is 0 Å². The number of halogens is 2. The van der Waals surface area contributed by atoms with Gasteiger partial charge in [-0.15, -0.1) is 0 Å². The quantitative estimate of drug-likeness (QED) is 0.867. The minimum Gasteiger partial charge on any atom is -0.338 e. The maximum absolute atomic E-state index is 12.5. The van der Waals surface area contributed by atoms with Crippen LogP contribution in [0, 0.1) is 0 Å². The van der Waals surface area contributed by atoms with E-state index in [1.165, 1.54) is 25.2 Å². The van der Waals surface area contributed by atoms with E-state index in [1.807, 2.05) is 4.90 Å². The van der Waals surface area contributed by atoms with Gasteiger partial charge >= 0.3 is 0 Å². The molecule has 0 saturated carbocycles. The Kier molecular flexibility index (Phi) is 5.53. The highest BCUT2D eigenvalue weighted by Gasteiger charge is 2.18. The van der Waals surface area contributed by atoms with Crippen LogP contribution < -0.4 is 5.32 Å². The lowest BCUT2D eigenvalue weighted by molar-refractivity contribution is 0.0755. The van der Waals surface area contributed by atoms with E-state index < -0.39 is 0 Å². The lowest BCUT2D eigenvalue weighted by Gasteiger charge is -2.19. The van der Waals surface area contributed by atoms with Crippen LogP contribution in [0.1, 0.15) is 36.2 Å². The lowest BCUT2D eigenvalue weighted by Crippen LogP contribution is -2.32. The topological polar surface area (TPSA) is 58.1 Å². The van der Waals surface area contributed by atoms with Gasteiger partial charge in [-0.25, -0.2) is 9.97 Å². The number of benzene rings is 1. The maximum Gasteiger partial charge on any atom is 0.274 e. The number of hydrogen-bond donors (Lipinski definition) is 1. The first-order chi connectivity index (χ1) is 11.6. The highest BCUT2D eigenvalue weighted by molar-refractivity contribution is 6.35. The minimum absolute atomic E-state index is 0.0586. The second kappa shape index (κ2) is 7.81. The van der Waals surface area contributed by atoms with Crippen LogP contribution in [-0.4, -0.2) is 33.9 Å². The van der Waals surface area contributed by atoms with Crippen molar-refractivity contribution in [1.82, 2.24) is 14.9 Å². The summed E-state index contributed by atoms with van der Waals surface area (Å²) in [5, 5.41) is 4.16. The third-order valence-corrected chi connectivity index (χ3v) is 4.52. The fourth-order valence-corrected chi connectivity index (χ4v) is 3.01. The molecule has 0 atom stereocenters. The van der Waals surface area contributed by atoms with Crippen LogP contribution in [0.2, 0.25) is 10.0 Å². The van der Waals surface area contributed by atoms with Gasteiger partial charge < -0.3 is 10.2 Å². The molecule has 2 heterocycles. The highest BCUT2D eigenvalue weighted by Crippen LogP contribution is 2.27. The van der Waals surface area contributed by atoms with Crippen molar-refractivity contribution in [2.24, 2.45) is 0 Å². The molecular formula is C17H18Cl2N4O. The Morgan fingerprint density at radius 2 is 1.79 bits per heavy atom. The number of anilines is 2. The summed E-state index contributed by atoms with van der Waals surface area (Å²) < 4.78 is 0. The van der Waals surface area contributed by atoms with Crippen molar-refractivity contribution in [3.05, 3.63) is 46.3 Å². The number of nitrogens with one attached hydrogen (secondary N) is 1. The molecular weight excluding hydrogens is 347 g/mol. The van der Waals surface area contributed by atoms with Crippen LogP contribution in [0.3, 0.4) is 0 Å². The van der Waals surface area contributed by atoms with Gasteiger partial charge in [0.25, 0.3) is 5.91 Å². The van der Waals surface area contributed by atoms with Crippen molar-refractivity contribution in [2.75, 3.05) is 18.4 Å². The van der Waals surface area contributed by atoms with Gasteiger partial charge in [-0.05, 0) is 31.0 Å². The number of rotatable bonds is 3. The second-order valence-corrected chi connectivity index (χ2v) is 6.59. The van der Waals surface area contributed by atoms with Crippen LogP contribution in [0.5, 0.6) is 0 Å². The molecule has 0 unspecified atom stereocenters. The SMILES string of the molecule is O=C(c1cnc(Nc2cc(Cl)ccc2Cl)cn1)N1CCCCCC1. The molecule has 1 aromatic carbocycles. The number of aromatic nitrogens is 2. The molecule has 1 amide bonds. The van der Waals surface area contributed by atoms with Gasteiger partial charge in [0.2, 0.25) is 0 Å². The number of carbonyl (C=O) groups excluding carboxylic acids is 1. The summed E-state index contributed by atoms with van der Waals surface area (Å²) in [7, 11) is 0. The first-order valence-corrected chi connectivity index (χ1v) is 8.72. The van der Waals surface area contributed by atoms with E-state index in [-0.39, 0.29) is 5.91 Å². The Hall–Kier alpha value is -1.85. The molecule has 0 aliphatic carbocycles. The first kappa shape index (κ1) is 17.0. The van der Waals surface area contributed by atoms with E-state index in [0.29, 0.717) is 27.2 Å². The summed E-state index contributed by atoms with van der Waals surface area (Å²) >= 11 is 12.1. The number of nitrogens with zero attached hydrogens (tertiary/aromatic N) is 3. The van der Waals surface area contributed by atoms with E-state index >= 15 is 0 Å². The van der Waals surface area contributed by atoms with Crippen LogP contribution in [-0.2, 0) is 0 Å². The zero-order valence-corrected chi connectivity index (χ0v) is 14.6. The van der Waals surface area contributed by atoms with Crippen LogP contribution in [0.15, 0.2) is 30.6 Å². The molecule has 126 valence electrons. The van der Waals surface area contributed by atoms with Crippen molar-refractivity contribution in [1.29, 1.82) is 0 Å². The van der Waals surface area contributed by atoms with Crippen molar-refractivity contribution < 1.29 is 4.79 Å². The lowest BCUT2D eigenvalue weighted by atomic mass is 10.2. The molecule has 0 radical (unpaired) electrons. The maximum atomic E-state index is 12.5. The Morgan fingerprint density at radius 1 is 1.04 bits per heavy atom. The summed E-state index contributed by atoms with van der Waals surface area (Å²) in [6.07, 6.45) is 7.48. The van der Waals surface area contributed by atoms with Gasteiger partial charge in [-0.1, -0.05) is 36.0 Å². The third-order valence-electron chi connectivity index (χ3n) is 3.96. The minimum atomic E-state index is -0.0586. The predicted octanol–water partition coefficient (Wildman–Crippen LogP) is 4.54. The van der Waals surface area contributed by atoms with Crippen LogP contribution in [0.4, 0.5) is 11.5 Å². The molecule has 24 heavy (non-hydrogen) atoms. The van der Waals surface area contributed by atoms with Crippen LogP contribution >= 0.6 is 23.2 Å². The average Bonchev–Trinajstić information content (AvgIpc) is 2.87. The predicted molar refractivity (Wildman–Crippen MR) is 96.1 cm³/mol. The number of carbonyl (C=O) groups is 1. The molecule has 0 bridgehead atoms. The standard InChI is InChI=1S/C17H18Cl2N4O/c18-12-5-6-13(19)14(9-12)22-16-11-20-15(10-21-16)17(24)23-7-3-1-2-4-8-23/h5-6,9-11H,1-4,7-8H2,(H,21,22). The van der Waals surface area contributed by atoms with Crippen molar-refractivity contribution >= 4 is 40.6 Å². The normalized spacial score (nSPS) is 15.0. The summed E-state index contributed by atoms with van der Waals surface area (Å²) in [6, 6.07) is 5.13. The first-order valence-electron chi connectivity index (χ1n) is 7.97. The molecule has 1 fully saturated rings. The smallest absolute Gasteiger partial charge is 0.274 e. The molecule has 1 aliphatic heterocycles. The summed E-state index contributed by atoms with van der Waals surface area (Å²) in [4.78, 5) is 22.8. The van der Waals surface area contributed by atoms with Crippen molar-refractivity contribution in [2.45, 2.75) is 25.7 Å². The van der Waals surface area contributed by atoms with Gasteiger partial charge in [-0.2, -0.15) is 0 Å². The molecule has 3 rings (SSSR count). The largest absolute Gasteiger partial charge is 0.338 e. The Bertz CT molecular complexity index is 713. The number of amides is 1. The van der Waals surface area contributed by atoms with E-state index in [1.54, 1.807) is 18.2 Å². The Morgan fingerprint density at radius 3 is 2.46 bits per heavy atom. The monoisotopic (exact) mass is 364 g/mol. The van der Waals surface area contributed by atoms with E-state index in [4.69, 9.17) is 23.2 Å². The Balaban J connectivity index is 1.70. The molecule has 0 spiro atoms. The fraction of sp³-hybridized carbons (Fsp3) is 0.353. The molecule has 2 aromatic rings. The van der Waals surface area contributed by atoms with Crippen molar-refractivity contribution in [3.8, 4) is 0 Å². The van der Waals surface area contributed by atoms with E-state index in [2.05, 4.69) is 15.3 Å². The summed E-state index contributed by atoms with van der Waals surface area (Å²) in [5.41, 5.74) is 1.00. The van der Waals surface area contributed by atoms with E-state index in [9.17, 15) is 4.79 Å². The fourth-order valence-electron chi connectivity index (χ4n) is 2.67. The Labute approximate surface area is 151 Å². The third kappa shape index (κ3) is 4.16. The van der Waals surface area contributed by atoms with Crippen molar-refractivity contribution in [3.63, 3.8) is 0 Å². The van der Waals surface area contributed by atoms with Gasteiger partial charge in [0.05, 0.1) is 23.1 Å². The molecule has 1 aromatic heterocycles. The van der Waals surface area contributed by atoms with Gasteiger partial charge in [0, 0.05) is 18.1 Å².